The zero-order valence-corrected chi connectivity index (χ0v) is 10.7. The minimum Gasteiger partial charge on any atom is -0.480 e. The molecule has 2 N–H and O–H groups in total. The van der Waals surface area contributed by atoms with Gasteiger partial charge in [0.2, 0.25) is 0 Å². The molecule has 0 saturated heterocycles. The number of anilines is 1. The SMILES string of the molecule is Cc1c(Cl)ccc2c1N[C@H](C(=O)O)[C@@H]1CC=C[C@@H]21. The molecule has 1 aromatic rings. The van der Waals surface area contributed by atoms with E-state index in [-0.39, 0.29) is 11.8 Å². The Kier molecular flexibility index (Phi) is 2.59. The molecule has 1 aromatic carbocycles. The fourth-order valence-electron chi connectivity index (χ4n) is 3.03. The van der Waals surface area contributed by atoms with Gasteiger partial charge in [-0.25, -0.2) is 4.79 Å². The van der Waals surface area contributed by atoms with Crippen molar-refractivity contribution in [3.63, 3.8) is 0 Å². The van der Waals surface area contributed by atoms with Crippen LogP contribution in [0, 0.1) is 12.8 Å². The van der Waals surface area contributed by atoms with Crippen LogP contribution in [-0.4, -0.2) is 17.1 Å². The monoisotopic (exact) mass is 263 g/mol. The largest absolute Gasteiger partial charge is 0.480 e. The summed E-state index contributed by atoms with van der Waals surface area (Å²) >= 11 is 6.11. The van der Waals surface area contributed by atoms with Crippen molar-refractivity contribution in [1.82, 2.24) is 0 Å². The first-order valence-corrected chi connectivity index (χ1v) is 6.42. The van der Waals surface area contributed by atoms with Gasteiger partial charge >= 0.3 is 5.97 Å². The van der Waals surface area contributed by atoms with E-state index in [4.69, 9.17) is 11.6 Å². The molecule has 1 aliphatic carbocycles. The Bertz CT molecular complexity index is 553. The third-order valence-corrected chi connectivity index (χ3v) is 4.41. The lowest BCUT2D eigenvalue weighted by molar-refractivity contribution is -0.139. The third-order valence-electron chi connectivity index (χ3n) is 4.00. The van der Waals surface area contributed by atoms with E-state index < -0.39 is 12.0 Å². The van der Waals surface area contributed by atoms with Crippen LogP contribution in [-0.2, 0) is 4.79 Å². The van der Waals surface area contributed by atoms with Crippen molar-refractivity contribution in [2.24, 2.45) is 5.92 Å². The number of carboxylic acids is 1. The summed E-state index contributed by atoms with van der Waals surface area (Å²) in [5, 5.41) is 13.2. The first kappa shape index (κ1) is 11.6. The fourth-order valence-corrected chi connectivity index (χ4v) is 3.19. The molecule has 0 saturated carbocycles. The van der Waals surface area contributed by atoms with Crippen molar-refractivity contribution in [1.29, 1.82) is 0 Å². The lowest BCUT2D eigenvalue weighted by Crippen LogP contribution is -2.42. The zero-order chi connectivity index (χ0) is 12.9. The molecule has 2 aliphatic rings. The van der Waals surface area contributed by atoms with Crippen molar-refractivity contribution in [2.45, 2.75) is 25.3 Å². The van der Waals surface area contributed by atoms with Gasteiger partial charge in [-0.1, -0.05) is 29.8 Å². The Labute approximate surface area is 110 Å². The summed E-state index contributed by atoms with van der Waals surface area (Å²) < 4.78 is 0. The molecule has 4 heteroatoms. The number of fused-ring (bicyclic) bond motifs is 3. The number of rotatable bonds is 1. The maximum atomic E-state index is 11.4. The highest BCUT2D eigenvalue weighted by molar-refractivity contribution is 6.31. The molecule has 0 aromatic heterocycles. The summed E-state index contributed by atoms with van der Waals surface area (Å²) in [4.78, 5) is 11.4. The number of allylic oxidation sites excluding steroid dienone is 2. The van der Waals surface area contributed by atoms with E-state index in [1.165, 1.54) is 0 Å². The summed E-state index contributed by atoms with van der Waals surface area (Å²) in [6.07, 6.45) is 5.01. The van der Waals surface area contributed by atoms with Gasteiger partial charge in [-0.3, -0.25) is 0 Å². The highest BCUT2D eigenvalue weighted by atomic mass is 35.5. The lowest BCUT2D eigenvalue weighted by Gasteiger charge is -2.35. The third kappa shape index (κ3) is 1.54. The molecule has 0 bridgehead atoms. The number of nitrogens with one attached hydrogen (secondary N) is 1. The summed E-state index contributed by atoms with van der Waals surface area (Å²) in [5.41, 5.74) is 2.98. The second-order valence-electron chi connectivity index (χ2n) is 4.95. The Morgan fingerprint density at radius 1 is 1.50 bits per heavy atom. The van der Waals surface area contributed by atoms with Gasteiger partial charge < -0.3 is 10.4 Å². The Balaban J connectivity index is 2.14. The molecule has 1 aliphatic heterocycles. The van der Waals surface area contributed by atoms with Crippen LogP contribution in [0.3, 0.4) is 0 Å². The molecule has 1 heterocycles. The summed E-state index contributed by atoms with van der Waals surface area (Å²) in [7, 11) is 0. The minimum absolute atomic E-state index is 0.107. The smallest absolute Gasteiger partial charge is 0.326 e. The first-order chi connectivity index (χ1) is 8.59. The molecular weight excluding hydrogens is 250 g/mol. The number of hydrogen-bond donors (Lipinski definition) is 2. The normalized spacial score (nSPS) is 28.4. The summed E-state index contributed by atoms with van der Waals surface area (Å²) in [6.45, 7) is 1.92. The molecule has 0 fully saturated rings. The molecule has 0 amide bonds. The lowest BCUT2D eigenvalue weighted by atomic mass is 9.78. The Morgan fingerprint density at radius 3 is 3.00 bits per heavy atom. The number of halogens is 1. The van der Waals surface area contributed by atoms with Crippen LogP contribution in [0.15, 0.2) is 24.3 Å². The average Bonchev–Trinajstić information content (AvgIpc) is 2.81. The van der Waals surface area contributed by atoms with Crippen molar-refractivity contribution in [2.75, 3.05) is 5.32 Å². The van der Waals surface area contributed by atoms with E-state index >= 15 is 0 Å². The van der Waals surface area contributed by atoms with Crippen LogP contribution >= 0.6 is 11.6 Å². The molecule has 3 atom stereocenters. The Hall–Kier alpha value is -1.48. The number of benzene rings is 1. The van der Waals surface area contributed by atoms with Crippen LogP contribution < -0.4 is 5.32 Å². The van der Waals surface area contributed by atoms with E-state index in [0.717, 1.165) is 23.2 Å². The molecule has 0 unspecified atom stereocenters. The summed E-state index contributed by atoms with van der Waals surface area (Å²) in [5.74, 6) is -0.493. The van der Waals surface area contributed by atoms with Crippen molar-refractivity contribution >= 4 is 23.3 Å². The van der Waals surface area contributed by atoms with Gasteiger partial charge in [0.25, 0.3) is 0 Å². The first-order valence-electron chi connectivity index (χ1n) is 6.04. The standard InChI is InChI=1S/C14H14ClNO2/c1-7-11(15)6-5-10-8-3-2-4-9(8)13(14(17)18)16-12(7)10/h2-3,5-6,8-9,13,16H,4H2,1H3,(H,17,18)/t8-,9-,13+/m1/s1. The number of carboxylic acid groups (broad SMARTS) is 1. The minimum atomic E-state index is -0.793. The number of hydrogen-bond acceptors (Lipinski definition) is 2. The average molecular weight is 264 g/mol. The maximum absolute atomic E-state index is 11.4. The topological polar surface area (TPSA) is 49.3 Å². The van der Waals surface area contributed by atoms with Crippen LogP contribution in [0.25, 0.3) is 0 Å². The second kappa shape index (κ2) is 4.02. The van der Waals surface area contributed by atoms with Gasteiger partial charge in [-0.15, -0.1) is 0 Å². The van der Waals surface area contributed by atoms with E-state index in [2.05, 4.69) is 17.5 Å². The quantitative estimate of drug-likeness (QED) is 0.765. The highest BCUT2D eigenvalue weighted by Gasteiger charge is 2.41. The van der Waals surface area contributed by atoms with Crippen LogP contribution in [0.1, 0.15) is 23.5 Å². The van der Waals surface area contributed by atoms with Gasteiger partial charge in [0, 0.05) is 22.5 Å². The van der Waals surface area contributed by atoms with Gasteiger partial charge in [-0.05, 0) is 30.5 Å². The molecule has 3 nitrogen and oxygen atoms in total. The van der Waals surface area contributed by atoms with E-state index in [1.54, 1.807) is 0 Å². The molecule has 0 radical (unpaired) electrons. The van der Waals surface area contributed by atoms with Gasteiger partial charge in [0.05, 0.1) is 0 Å². The van der Waals surface area contributed by atoms with Crippen LogP contribution in [0.5, 0.6) is 0 Å². The molecule has 94 valence electrons. The Morgan fingerprint density at radius 2 is 2.28 bits per heavy atom. The van der Waals surface area contributed by atoms with Gasteiger partial charge in [0.15, 0.2) is 0 Å². The highest BCUT2D eigenvalue weighted by Crippen LogP contribution is 2.46. The van der Waals surface area contributed by atoms with E-state index in [1.807, 2.05) is 19.1 Å². The molecule has 0 spiro atoms. The molecule has 18 heavy (non-hydrogen) atoms. The summed E-state index contributed by atoms with van der Waals surface area (Å²) in [6, 6.07) is 3.36. The van der Waals surface area contributed by atoms with Crippen molar-refractivity contribution in [3.05, 3.63) is 40.4 Å². The zero-order valence-electron chi connectivity index (χ0n) is 9.98. The van der Waals surface area contributed by atoms with Crippen LogP contribution in [0.4, 0.5) is 5.69 Å². The second-order valence-corrected chi connectivity index (χ2v) is 5.36. The number of carbonyl (C=O) groups is 1. The van der Waals surface area contributed by atoms with Crippen LogP contribution in [0.2, 0.25) is 5.02 Å². The van der Waals surface area contributed by atoms with Gasteiger partial charge in [0.1, 0.15) is 6.04 Å². The maximum Gasteiger partial charge on any atom is 0.326 e. The van der Waals surface area contributed by atoms with E-state index in [0.29, 0.717) is 5.02 Å². The molecule has 3 rings (SSSR count). The fraction of sp³-hybridized carbons (Fsp3) is 0.357. The number of aliphatic carboxylic acids is 1. The molecular formula is C14H14ClNO2. The predicted octanol–water partition coefficient (Wildman–Crippen LogP) is 3.19. The predicted molar refractivity (Wildman–Crippen MR) is 71.2 cm³/mol. The van der Waals surface area contributed by atoms with E-state index in [9.17, 15) is 9.90 Å². The van der Waals surface area contributed by atoms with Gasteiger partial charge in [-0.2, -0.15) is 0 Å². The van der Waals surface area contributed by atoms with Crippen molar-refractivity contribution in [3.8, 4) is 0 Å². The van der Waals surface area contributed by atoms with Crippen molar-refractivity contribution < 1.29 is 9.90 Å².